The third-order valence-corrected chi connectivity index (χ3v) is 3.04. The maximum atomic E-state index is 13.7. The van der Waals surface area contributed by atoms with E-state index in [-0.39, 0.29) is 28.2 Å². The van der Waals surface area contributed by atoms with E-state index in [1.807, 2.05) is 0 Å². The molecule has 0 aliphatic heterocycles. The molecular formula is C16H12ClFN4O3. The van der Waals surface area contributed by atoms with Gasteiger partial charge in [-0.2, -0.15) is 14.6 Å². The topological polar surface area (TPSA) is 111 Å². The zero-order chi connectivity index (χ0) is 18.4. The number of nitrogens with two attached hydrogens (primary N) is 1. The summed E-state index contributed by atoms with van der Waals surface area (Å²) in [6.45, 7) is 2.05. The molecule has 1 aromatic carbocycles. The molecule has 0 radical (unpaired) electrons. The summed E-state index contributed by atoms with van der Waals surface area (Å²) in [6.07, 6.45) is 2.19. The van der Waals surface area contributed by atoms with Gasteiger partial charge in [-0.3, -0.25) is 4.79 Å². The molecule has 0 aliphatic carbocycles. The van der Waals surface area contributed by atoms with Gasteiger partial charge in [0.2, 0.25) is 11.1 Å². The molecule has 1 aromatic heterocycles. The van der Waals surface area contributed by atoms with Gasteiger partial charge in [0.25, 0.3) is 11.8 Å². The van der Waals surface area contributed by atoms with Crippen molar-refractivity contribution >= 4 is 23.6 Å². The fourth-order valence-corrected chi connectivity index (χ4v) is 1.92. The first-order valence-electron chi connectivity index (χ1n) is 6.99. The van der Waals surface area contributed by atoms with E-state index in [0.29, 0.717) is 12.2 Å². The van der Waals surface area contributed by atoms with Crippen LogP contribution in [0.15, 0.2) is 30.0 Å². The number of rotatable bonds is 6. The second kappa shape index (κ2) is 8.08. The number of aromatic nitrogens is 2. The van der Waals surface area contributed by atoms with Gasteiger partial charge in [-0.15, -0.1) is 0 Å². The third-order valence-electron chi connectivity index (χ3n) is 2.85. The summed E-state index contributed by atoms with van der Waals surface area (Å²) < 4.78 is 24.6. The normalized spacial score (nSPS) is 10.9. The van der Waals surface area contributed by atoms with Crippen molar-refractivity contribution in [1.82, 2.24) is 9.97 Å². The molecule has 0 unspecified atom stereocenters. The van der Waals surface area contributed by atoms with E-state index in [9.17, 15) is 9.18 Å². The van der Waals surface area contributed by atoms with Gasteiger partial charge in [0.1, 0.15) is 11.6 Å². The van der Waals surface area contributed by atoms with Crippen LogP contribution in [0.2, 0.25) is 5.28 Å². The average molecular weight is 363 g/mol. The molecule has 1 heterocycles. The largest absolute Gasteiger partial charge is 0.490 e. The van der Waals surface area contributed by atoms with E-state index in [2.05, 4.69) is 9.97 Å². The quantitative estimate of drug-likeness (QED) is 0.480. The van der Waals surface area contributed by atoms with E-state index in [4.69, 9.17) is 32.1 Å². The second-order valence-electron chi connectivity index (χ2n) is 4.57. The Labute approximate surface area is 147 Å². The Hall–Kier alpha value is -3.18. The van der Waals surface area contributed by atoms with Gasteiger partial charge in [-0.25, -0.2) is 4.98 Å². The molecule has 7 nitrogen and oxygen atoms in total. The molecule has 2 rings (SSSR count). The number of hydrogen-bond acceptors (Lipinski definition) is 6. The van der Waals surface area contributed by atoms with Crippen molar-refractivity contribution in [3.8, 4) is 23.4 Å². The Balaban J connectivity index is 2.41. The Morgan fingerprint density at radius 2 is 2.24 bits per heavy atom. The van der Waals surface area contributed by atoms with Crippen LogP contribution in [-0.4, -0.2) is 22.5 Å². The molecule has 2 aromatic rings. The van der Waals surface area contributed by atoms with Crippen LogP contribution >= 0.6 is 11.6 Å². The summed E-state index contributed by atoms with van der Waals surface area (Å²) in [5, 5.41) is 8.72. The number of amides is 1. The number of carbonyl (C=O) groups is 1. The van der Waals surface area contributed by atoms with Gasteiger partial charge in [-0.05, 0) is 42.3 Å². The lowest BCUT2D eigenvalue weighted by molar-refractivity contribution is -0.114. The molecule has 0 bridgehead atoms. The van der Waals surface area contributed by atoms with Crippen LogP contribution in [0.3, 0.4) is 0 Å². The van der Waals surface area contributed by atoms with Crippen molar-refractivity contribution in [2.24, 2.45) is 5.73 Å². The van der Waals surface area contributed by atoms with Gasteiger partial charge in [0.15, 0.2) is 11.5 Å². The number of hydrogen-bond donors (Lipinski definition) is 1. The number of benzene rings is 1. The van der Waals surface area contributed by atoms with Crippen LogP contribution in [0.4, 0.5) is 4.39 Å². The lowest BCUT2D eigenvalue weighted by atomic mass is 10.1. The smallest absolute Gasteiger partial charge is 0.260 e. The Kier molecular flexibility index (Phi) is 5.87. The maximum absolute atomic E-state index is 13.7. The summed E-state index contributed by atoms with van der Waals surface area (Å²) in [5.41, 5.74) is 5.36. The van der Waals surface area contributed by atoms with E-state index in [1.54, 1.807) is 19.1 Å². The fourth-order valence-electron chi connectivity index (χ4n) is 1.80. The van der Waals surface area contributed by atoms with Crippen LogP contribution in [0.25, 0.3) is 6.08 Å². The molecule has 0 spiro atoms. The Bertz CT molecular complexity index is 880. The van der Waals surface area contributed by atoms with E-state index in [1.165, 1.54) is 18.2 Å². The van der Waals surface area contributed by atoms with E-state index in [0.717, 1.165) is 6.20 Å². The highest BCUT2D eigenvalue weighted by Crippen LogP contribution is 2.33. The molecule has 0 atom stereocenters. The molecule has 9 heteroatoms. The lowest BCUT2D eigenvalue weighted by Crippen LogP contribution is -2.12. The number of nitriles is 1. The van der Waals surface area contributed by atoms with Crippen LogP contribution in [0.5, 0.6) is 17.4 Å². The molecule has 25 heavy (non-hydrogen) atoms. The van der Waals surface area contributed by atoms with E-state index < -0.39 is 11.7 Å². The van der Waals surface area contributed by atoms with Crippen molar-refractivity contribution in [1.29, 1.82) is 5.26 Å². The summed E-state index contributed by atoms with van der Waals surface area (Å²) in [4.78, 5) is 18.3. The molecule has 2 N–H and O–H groups in total. The highest BCUT2D eigenvalue weighted by Gasteiger charge is 2.13. The number of halogens is 2. The number of ether oxygens (including phenoxy) is 2. The maximum Gasteiger partial charge on any atom is 0.260 e. The van der Waals surface area contributed by atoms with Gasteiger partial charge in [-0.1, -0.05) is 6.07 Å². The minimum atomic E-state index is -0.849. The highest BCUT2D eigenvalue weighted by atomic mass is 35.5. The first kappa shape index (κ1) is 18.2. The Morgan fingerprint density at radius 3 is 2.88 bits per heavy atom. The SMILES string of the molecule is CCOc1cc(/C=C(/C#N)C(N)=O)ccc1Oc1nc(Cl)ncc1F. The minimum Gasteiger partial charge on any atom is -0.490 e. The standard InChI is InChI=1S/C16H12ClFN4O3/c1-2-24-13-6-9(5-10(7-19)14(20)23)3-4-12(13)25-15-11(18)8-21-16(17)22-15/h3-6,8H,2H2,1H3,(H2,20,23)/b10-5-. The van der Waals surface area contributed by atoms with Crippen LogP contribution in [0, 0.1) is 17.1 Å². The average Bonchev–Trinajstić information content (AvgIpc) is 2.58. The van der Waals surface area contributed by atoms with Crippen molar-refractivity contribution in [2.45, 2.75) is 6.92 Å². The highest BCUT2D eigenvalue weighted by molar-refractivity contribution is 6.28. The lowest BCUT2D eigenvalue weighted by Gasteiger charge is -2.12. The van der Waals surface area contributed by atoms with E-state index >= 15 is 0 Å². The molecule has 0 saturated carbocycles. The molecule has 1 amide bonds. The van der Waals surface area contributed by atoms with Crippen LogP contribution in [0.1, 0.15) is 12.5 Å². The van der Waals surface area contributed by atoms with Crippen molar-refractivity contribution in [2.75, 3.05) is 6.61 Å². The summed E-state index contributed by atoms with van der Waals surface area (Å²) >= 11 is 5.63. The molecule has 128 valence electrons. The van der Waals surface area contributed by atoms with Crippen LogP contribution in [-0.2, 0) is 4.79 Å². The first-order valence-corrected chi connectivity index (χ1v) is 7.36. The zero-order valence-electron chi connectivity index (χ0n) is 13.0. The second-order valence-corrected chi connectivity index (χ2v) is 4.91. The molecule has 0 fully saturated rings. The summed E-state index contributed by atoms with van der Waals surface area (Å²) in [5.74, 6) is -1.58. The number of nitrogens with zero attached hydrogens (tertiary/aromatic N) is 3. The summed E-state index contributed by atoms with van der Waals surface area (Å²) in [7, 11) is 0. The van der Waals surface area contributed by atoms with Crippen molar-refractivity contribution in [3.05, 3.63) is 46.6 Å². The van der Waals surface area contributed by atoms with Crippen LogP contribution < -0.4 is 15.2 Å². The fraction of sp³-hybridized carbons (Fsp3) is 0.125. The number of primary amides is 1. The monoisotopic (exact) mass is 362 g/mol. The molecule has 0 aliphatic rings. The van der Waals surface area contributed by atoms with Crippen molar-refractivity contribution in [3.63, 3.8) is 0 Å². The van der Waals surface area contributed by atoms with Gasteiger partial charge in [0, 0.05) is 0 Å². The predicted octanol–water partition coefficient (Wildman–Crippen LogP) is 2.85. The first-order chi connectivity index (χ1) is 11.9. The third kappa shape index (κ3) is 4.65. The molecule has 0 saturated heterocycles. The van der Waals surface area contributed by atoms with Crippen molar-refractivity contribution < 1.29 is 18.7 Å². The minimum absolute atomic E-state index is 0.172. The van der Waals surface area contributed by atoms with Gasteiger partial charge >= 0.3 is 0 Å². The van der Waals surface area contributed by atoms with Gasteiger partial charge in [0.05, 0.1) is 12.8 Å². The summed E-state index contributed by atoms with van der Waals surface area (Å²) in [6, 6.07) is 6.23. The zero-order valence-corrected chi connectivity index (χ0v) is 13.7. The Morgan fingerprint density at radius 1 is 1.48 bits per heavy atom. The molecular weight excluding hydrogens is 351 g/mol. The predicted molar refractivity (Wildman–Crippen MR) is 87.5 cm³/mol. The number of carbonyl (C=O) groups excluding carboxylic acids is 1. The van der Waals surface area contributed by atoms with Gasteiger partial charge < -0.3 is 15.2 Å².